The van der Waals surface area contributed by atoms with Crippen LogP contribution in [0.25, 0.3) is 0 Å². The van der Waals surface area contributed by atoms with Gasteiger partial charge >= 0.3 is 5.69 Å². The Morgan fingerprint density at radius 2 is 1.73 bits per heavy atom. The summed E-state index contributed by atoms with van der Waals surface area (Å²) in [6, 6.07) is 5.74. The number of hydrogen-bond acceptors (Lipinski definition) is 7. The van der Waals surface area contributed by atoms with Crippen LogP contribution in [-0.2, 0) is 4.79 Å². The standard InChI is InChI=1S/C14H9Br2N3O7/c15-9-3-7(4-10(16)14(9)21)17-13(20)6-26-12-2-1-8(18(22)23)5-11(12)19(24)25/h1-5,21H,6H2,(H,17,20). The molecule has 0 aliphatic rings. The number of phenolic OH excluding ortho intramolecular Hbond substituents is 1. The van der Waals surface area contributed by atoms with E-state index in [-0.39, 0.29) is 11.5 Å². The lowest BCUT2D eigenvalue weighted by Crippen LogP contribution is -2.20. The number of amides is 1. The summed E-state index contributed by atoms with van der Waals surface area (Å²) in [5.41, 5.74) is -0.747. The minimum atomic E-state index is -0.839. The molecule has 0 aromatic heterocycles. The number of aromatic hydroxyl groups is 1. The van der Waals surface area contributed by atoms with Gasteiger partial charge in [0.2, 0.25) is 0 Å². The van der Waals surface area contributed by atoms with E-state index in [0.717, 1.165) is 18.2 Å². The van der Waals surface area contributed by atoms with Crippen molar-refractivity contribution in [3.05, 3.63) is 59.5 Å². The van der Waals surface area contributed by atoms with Gasteiger partial charge < -0.3 is 15.2 Å². The van der Waals surface area contributed by atoms with Crippen molar-refractivity contribution in [2.75, 3.05) is 11.9 Å². The molecule has 2 rings (SSSR count). The van der Waals surface area contributed by atoms with E-state index in [1.807, 2.05) is 0 Å². The fraction of sp³-hybridized carbons (Fsp3) is 0.0714. The SMILES string of the molecule is O=C(COc1ccc([N+](=O)[O-])cc1[N+](=O)[O-])Nc1cc(Br)c(O)c(Br)c1. The number of halogens is 2. The minimum Gasteiger partial charge on any atom is -0.506 e. The van der Waals surface area contributed by atoms with Gasteiger partial charge in [-0.2, -0.15) is 0 Å². The number of rotatable bonds is 6. The zero-order valence-corrected chi connectivity index (χ0v) is 15.8. The number of anilines is 1. The summed E-state index contributed by atoms with van der Waals surface area (Å²) in [5.74, 6) is -0.938. The molecule has 2 aromatic carbocycles. The maximum atomic E-state index is 11.9. The van der Waals surface area contributed by atoms with Crippen LogP contribution in [0.4, 0.5) is 17.1 Å². The third kappa shape index (κ3) is 4.67. The van der Waals surface area contributed by atoms with Gasteiger partial charge in [0.25, 0.3) is 11.6 Å². The van der Waals surface area contributed by atoms with Gasteiger partial charge in [0.1, 0.15) is 5.75 Å². The molecule has 0 radical (unpaired) electrons. The molecule has 10 nitrogen and oxygen atoms in total. The first-order valence-corrected chi connectivity index (χ1v) is 8.31. The van der Waals surface area contributed by atoms with Gasteiger partial charge in [-0.25, -0.2) is 0 Å². The van der Waals surface area contributed by atoms with Crippen molar-refractivity contribution in [2.24, 2.45) is 0 Å². The average molecular weight is 491 g/mol. The quantitative estimate of drug-likeness (QED) is 0.356. The molecule has 0 aliphatic heterocycles. The Kier molecular flexibility index (Phi) is 6.10. The highest BCUT2D eigenvalue weighted by Gasteiger charge is 2.21. The Hall–Kier alpha value is -2.73. The number of ether oxygens (including phenoxy) is 1. The molecule has 0 saturated carbocycles. The zero-order valence-electron chi connectivity index (χ0n) is 12.6. The maximum Gasteiger partial charge on any atom is 0.317 e. The first kappa shape index (κ1) is 19.6. The van der Waals surface area contributed by atoms with Gasteiger partial charge in [0.05, 0.1) is 24.9 Å². The zero-order chi connectivity index (χ0) is 19.4. The van der Waals surface area contributed by atoms with Crippen LogP contribution in [0.2, 0.25) is 0 Å². The summed E-state index contributed by atoms with van der Waals surface area (Å²) >= 11 is 6.23. The van der Waals surface area contributed by atoms with Crippen LogP contribution in [-0.4, -0.2) is 27.5 Å². The predicted molar refractivity (Wildman–Crippen MR) is 97.4 cm³/mol. The van der Waals surface area contributed by atoms with Crippen LogP contribution in [0.15, 0.2) is 39.3 Å². The van der Waals surface area contributed by atoms with Crippen LogP contribution in [0.1, 0.15) is 0 Å². The number of nitrogens with zero attached hydrogens (tertiary/aromatic N) is 2. The highest BCUT2D eigenvalue weighted by Crippen LogP contribution is 2.35. The molecule has 0 unspecified atom stereocenters. The first-order chi connectivity index (χ1) is 12.2. The number of non-ortho nitro benzene ring substituents is 1. The van der Waals surface area contributed by atoms with Gasteiger partial charge in [0, 0.05) is 11.8 Å². The topological polar surface area (TPSA) is 145 Å². The number of nitrogens with one attached hydrogen (secondary N) is 1. The molecule has 0 aliphatic carbocycles. The molecule has 0 spiro atoms. The third-order valence-corrected chi connectivity index (χ3v) is 4.22. The molecule has 12 heteroatoms. The van der Waals surface area contributed by atoms with E-state index >= 15 is 0 Å². The van der Waals surface area contributed by atoms with E-state index in [0.29, 0.717) is 14.6 Å². The fourth-order valence-electron chi connectivity index (χ4n) is 1.86. The minimum absolute atomic E-state index is 0.0410. The number of carbonyl (C=O) groups excluding carboxylic acids is 1. The predicted octanol–water partition coefficient (Wildman–Crippen LogP) is 3.75. The second-order valence-electron chi connectivity index (χ2n) is 4.79. The van der Waals surface area contributed by atoms with Crippen LogP contribution in [0, 0.1) is 20.2 Å². The third-order valence-electron chi connectivity index (χ3n) is 3.01. The fourth-order valence-corrected chi connectivity index (χ4v) is 3.05. The number of carbonyl (C=O) groups is 1. The van der Waals surface area contributed by atoms with Crippen molar-refractivity contribution in [2.45, 2.75) is 0 Å². The molecule has 0 bridgehead atoms. The van der Waals surface area contributed by atoms with Crippen molar-refractivity contribution in [3.63, 3.8) is 0 Å². The molecule has 2 aromatic rings. The first-order valence-electron chi connectivity index (χ1n) is 6.72. The Morgan fingerprint density at radius 3 is 2.27 bits per heavy atom. The molecule has 2 N–H and O–H groups in total. The summed E-state index contributed by atoms with van der Waals surface area (Å²) in [4.78, 5) is 32.0. The van der Waals surface area contributed by atoms with E-state index in [1.165, 1.54) is 12.1 Å². The second kappa shape index (κ2) is 8.10. The monoisotopic (exact) mass is 489 g/mol. The molecular weight excluding hydrogens is 482 g/mol. The van der Waals surface area contributed by atoms with E-state index < -0.39 is 33.7 Å². The molecule has 26 heavy (non-hydrogen) atoms. The van der Waals surface area contributed by atoms with Gasteiger partial charge in [-0.1, -0.05) is 0 Å². The van der Waals surface area contributed by atoms with Crippen molar-refractivity contribution < 1.29 is 24.5 Å². The normalized spacial score (nSPS) is 10.2. The highest BCUT2D eigenvalue weighted by atomic mass is 79.9. The summed E-state index contributed by atoms with van der Waals surface area (Å²) in [6.07, 6.45) is 0. The van der Waals surface area contributed by atoms with Gasteiger partial charge in [0.15, 0.2) is 12.4 Å². The summed E-state index contributed by atoms with van der Waals surface area (Å²) in [6.45, 7) is -0.561. The smallest absolute Gasteiger partial charge is 0.317 e. The molecule has 0 heterocycles. The number of benzene rings is 2. The number of nitro benzene ring substituents is 2. The van der Waals surface area contributed by atoms with Gasteiger partial charge in [-0.15, -0.1) is 0 Å². The van der Waals surface area contributed by atoms with Gasteiger partial charge in [-0.3, -0.25) is 25.0 Å². The largest absolute Gasteiger partial charge is 0.506 e. The molecular formula is C14H9Br2N3O7. The van der Waals surface area contributed by atoms with Crippen molar-refractivity contribution in [1.29, 1.82) is 0 Å². The van der Waals surface area contributed by atoms with E-state index in [1.54, 1.807) is 0 Å². The summed E-state index contributed by atoms with van der Waals surface area (Å²) in [5, 5.41) is 33.8. The highest BCUT2D eigenvalue weighted by molar-refractivity contribution is 9.11. The second-order valence-corrected chi connectivity index (χ2v) is 6.50. The van der Waals surface area contributed by atoms with Crippen LogP contribution in [0.5, 0.6) is 11.5 Å². The summed E-state index contributed by atoms with van der Waals surface area (Å²) in [7, 11) is 0. The lowest BCUT2D eigenvalue weighted by molar-refractivity contribution is -0.394. The Bertz CT molecular complexity index is 881. The van der Waals surface area contributed by atoms with E-state index in [9.17, 15) is 30.1 Å². The Morgan fingerprint density at radius 1 is 1.12 bits per heavy atom. The molecule has 0 saturated heterocycles. The van der Waals surface area contributed by atoms with Crippen molar-refractivity contribution in [1.82, 2.24) is 0 Å². The van der Waals surface area contributed by atoms with E-state index in [2.05, 4.69) is 37.2 Å². The van der Waals surface area contributed by atoms with Crippen LogP contribution < -0.4 is 10.1 Å². The van der Waals surface area contributed by atoms with E-state index in [4.69, 9.17) is 4.74 Å². The number of hydrogen-bond donors (Lipinski definition) is 2. The molecule has 1 amide bonds. The molecule has 136 valence electrons. The maximum absolute atomic E-state index is 11.9. The summed E-state index contributed by atoms with van der Waals surface area (Å²) < 4.78 is 5.79. The lowest BCUT2D eigenvalue weighted by Gasteiger charge is -2.09. The van der Waals surface area contributed by atoms with Crippen molar-refractivity contribution >= 4 is 54.8 Å². The Balaban J connectivity index is 2.10. The van der Waals surface area contributed by atoms with Gasteiger partial charge in [-0.05, 0) is 50.1 Å². The van der Waals surface area contributed by atoms with Crippen molar-refractivity contribution in [3.8, 4) is 11.5 Å². The molecule has 0 atom stereocenters. The molecule has 0 fully saturated rings. The van der Waals surface area contributed by atoms with Crippen LogP contribution >= 0.6 is 31.9 Å². The number of phenols is 1. The average Bonchev–Trinajstić information content (AvgIpc) is 2.57. The van der Waals surface area contributed by atoms with Crippen LogP contribution in [0.3, 0.4) is 0 Å². The number of nitro groups is 2. The Labute approximate surface area is 162 Å². The lowest BCUT2D eigenvalue weighted by atomic mass is 10.2.